The van der Waals surface area contributed by atoms with E-state index >= 15 is 0 Å². The molecule has 0 bridgehead atoms. The van der Waals surface area contributed by atoms with E-state index in [0.717, 1.165) is 0 Å². The number of halogens is 2. The van der Waals surface area contributed by atoms with Gasteiger partial charge in [-0.1, -0.05) is 59.6 Å². The lowest BCUT2D eigenvalue weighted by molar-refractivity contribution is 0.101. The molecule has 0 heterocycles. The second-order valence-electron chi connectivity index (χ2n) is 5.45. The van der Waals surface area contributed by atoms with Crippen LogP contribution in [0, 0.1) is 0 Å². The molecule has 4 nitrogen and oxygen atoms in total. The highest BCUT2D eigenvalue weighted by Crippen LogP contribution is 2.33. The first-order valence-corrected chi connectivity index (χ1v) is 8.52. The quantitative estimate of drug-likeness (QED) is 0.623. The number of carbonyl (C=O) groups excluding carboxylic acids is 2. The number of hydrogen-bond acceptors (Lipinski definition) is 2. The average Bonchev–Trinajstić information content (AvgIpc) is 2.67. The molecule has 2 amide bonds. The lowest BCUT2D eigenvalue weighted by Gasteiger charge is -2.14. The Morgan fingerprint density at radius 3 is 1.31 bits per heavy atom. The normalized spacial score (nSPS) is 10.2. The zero-order valence-corrected chi connectivity index (χ0v) is 15.0. The van der Waals surface area contributed by atoms with Gasteiger partial charge in [0.25, 0.3) is 11.8 Å². The van der Waals surface area contributed by atoms with Crippen LogP contribution in [0.3, 0.4) is 0 Å². The Bertz CT molecular complexity index is 866. The Morgan fingerprint density at radius 1 is 0.615 bits per heavy atom. The molecule has 3 aromatic carbocycles. The number of rotatable bonds is 4. The largest absolute Gasteiger partial charge is 0.320 e. The third-order valence-corrected chi connectivity index (χ3v) is 4.35. The molecule has 2 N–H and O–H groups in total. The van der Waals surface area contributed by atoms with Crippen molar-refractivity contribution in [1.29, 1.82) is 0 Å². The van der Waals surface area contributed by atoms with Gasteiger partial charge in [-0.2, -0.15) is 0 Å². The first-order valence-electron chi connectivity index (χ1n) is 7.76. The number of nitrogens with one attached hydrogen (secondary N) is 2. The van der Waals surface area contributed by atoms with Crippen molar-refractivity contribution in [1.82, 2.24) is 0 Å². The van der Waals surface area contributed by atoms with E-state index in [9.17, 15) is 9.59 Å². The summed E-state index contributed by atoms with van der Waals surface area (Å²) in [6.07, 6.45) is 0. The van der Waals surface area contributed by atoms with E-state index in [4.69, 9.17) is 23.2 Å². The summed E-state index contributed by atoms with van der Waals surface area (Å²) in [6.45, 7) is 0. The number of hydrogen-bond donors (Lipinski definition) is 2. The van der Waals surface area contributed by atoms with Crippen LogP contribution in [-0.2, 0) is 0 Å². The van der Waals surface area contributed by atoms with Crippen molar-refractivity contribution >= 4 is 46.4 Å². The smallest absolute Gasteiger partial charge is 0.255 e. The monoisotopic (exact) mass is 384 g/mol. The third-order valence-electron chi connectivity index (χ3n) is 3.63. The van der Waals surface area contributed by atoms with Crippen molar-refractivity contribution < 1.29 is 9.59 Å². The molecule has 0 aromatic heterocycles. The van der Waals surface area contributed by atoms with Crippen molar-refractivity contribution in [3.63, 3.8) is 0 Å². The summed E-state index contributed by atoms with van der Waals surface area (Å²) in [6, 6.07) is 20.5. The molecule has 0 aliphatic carbocycles. The third kappa shape index (κ3) is 4.23. The first-order chi connectivity index (χ1) is 12.5. The standard InChI is InChI=1S/C20H14Cl2N2O2/c21-15-11-17(23-19(25)13-7-3-1-4-8-13)18(12-16(15)22)24-20(26)14-9-5-2-6-10-14/h1-12H,(H,23,25)(H,24,26). The van der Waals surface area contributed by atoms with E-state index in [2.05, 4.69) is 10.6 Å². The first kappa shape index (κ1) is 18.0. The highest BCUT2D eigenvalue weighted by molar-refractivity contribution is 6.42. The summed E-state index contributed by atoms with van der Waals surface area (Å²) in [5, 5.41) is 6.05. The van der Waals surface area contributed by atoms with Gasteiger partial charge in [-0.25, -0.2) is 0 Å². The van der Waals surface area contributed by atoms with Crippen LogP contribution >= 0.6 is 23.2 Å². The predicted molar refractivity (Wildman–Crippen MR) is 105 cm³/mol. The molecule has 0 atom stereocenters. The van der Waals surface area contributed by atoms with Gasteiger partial charge in [-0.05, 0) is 36.4 Å². The Labute approximate surface area is 160 Å². The predicted octanol–water partition coefficient (Wildman–Crippen LogP) is 5.50. The van der Waals surface area contributed by atoms with E-state index in [0.29, 0.717) is 22.5 Å². The zero-order chi connectivity index (χ0) is 18.5. The van der Waals surface area contributed by atoms with Crippen molar-refractivity contribution in [2.24, 2.45) is 0 Å². The maximum atomic E-state index is 12.4. The molecule has 0 aliphatic rings. The van der Waals surface area contributed by atoms with Crippen LogP contribution in [0.2, 0.25) is 10.0 Å². The lowest BCUT2D eigenvalue weighted by Crippen LogP contribution is -2.17. The van der Waals surface area contributed by atoms with Crippen LogP contribution < -0.4 is 10.6 Å². The molecule has 26 heavy (non-hydrogen) atoms. The number of amides is 2. The van der Waals surface area contributed by atoms with Gasteiger partial charge < -0.3 is 10.6 Å². The highest BCUT2D eigenvalue weighted by atomic mass is 35.5. The molecular formula is C20H14Cl2N2O2. The lowest BCUT2D eigenvalue weighted by atomic mass is 10.2. The summed E-state index contributed by atoms with van der Waals surface area (Å²) in [4.78, 5) is 24.8. The number of carbonyl (C=O) groups is 2. The van der Waals surface area contributed by atoms with Gasteiger partial charge in [0.1, 0.15) is 0 Å². The second kappa shape index (κ2) is 8.04. The fourth-order valence-corrected chi connectivity index (χ4v) is 2.65. The summed E-state index contributed by atoms with van der Waals surface area (Å²) in [5.74, 6) is -0.640. The Morgan fingerprint density at radius 2 is 0.962 bits per heavy atom. The minimum atomic E-state index is -0.320. The maximum Gasteiger partial charge on any atom is 0.255 e. The van der Waals surface area contributed by atoms with E-state index in [1.165, 1.54) is 12.1 Å². The molecule has 0 unspecified atom stereocenters. The van der Waals surface area contributed by atoms with E-state index in [-0.39, 0.29) is 21.9 Å². The van der Waals surface area contributed by atoms with Gasteiger partial charge in [-0.15, -0.1) is 0 Å². The van der Waals surface area contributed by atoms with Crippen LogP contribution in [0.1, 0.15) is 20.7 Å². The molecule has 0 radical (unpaired) electrons. The van der Waals surface area contributed by atoms with E-state index in [1.54, 1.807) is 48.5 Å². The summed E-state index contributed by atoms with van der Waals surface area (Å²) < 4.78 is 0. The highest BCUT2D eigenvalue weighted by Gasteiger charge is 2.14. The second-order valence-corrected chi connectivity index (χ2v) is 6.27. The van der Waals surface area contributed by atoms with Crippen molar-refractivity contribution in [3.8, 4) is 0 Å². The fourth-order valence-electron chi connectivity index (χ4n) is 2.32. The fraction of sp³-hybridized carbons (Fsp3) is 0. The van der Waals surface area contributed by atoms with Crippen molar-refractivity contribution in [2.45, 2.75) is 0 Å². The summed E-state index contributed by atoms with van der Waals surface area (Å²) in [7, 11) is 0. The molecule has 0 saturated carbocycles. The van der Waals surface area contributed by atoms with Gasteiger partial charge in [0.2, 0.25) is 0 Å². The maximum absolute atomic E-state index is 12.4. The van der Waals surface area contributed by atoms with Gasteiger partial charge >= 0.3 is 0 Å². The van der Waals surface area contributed by atoms with E-state index < -0.39 is 0 Å². The molecule has 0 saturated heterocycles. The minimum Gasteiger partial charge on any atom is -0.320 e. The minimum absolute atomic E-state index is 0.271. The molecule has 0 aliphatic heterocycles. The summed E-state index contributed by atoms with van der Waals surface area (Å²) in [5.41, 5.74) is 1.69. The number of benzene rings is 3. The topological polar surface area (TPSA) is 58.2 Å². The number of anilines is 2. The van der Waals surface area contributed by atoms with Crippen LogP contribution in [-0.4, -0.2) is 11.8 Å². The average molecular weight is 385 g/mol. The van der Waals surface area contributed by atoms with Gasteiger partial charge in [0, 0.05) is 11.1 Å². The summed E-state index contributed by atoms with van der Waals surface area (Å²) >= 11 is 12.1. The van der Waals surface area contributed by atoms with Crippen LogP contribution in [0.25, 0.3) is 0 Å². The zero-order valence-electron chi connectivity index (χ0n) is 13.5. The molecule has 3 aromatic rings. The van der Waals surface area contributed by atoms with Gasteiger partial charge in [0.05, 0.1) is 21.4 Å². The van der Waals surface area contributed by atoms with Crippen LogP contribution in [0.5, 0.6) is 0 Å². The SMILES string of the molecule is O=C(Nc1cc(Cl)c(Cl)cc1NC(=O)c1ccccc1)c1ccccc1. The van der Waals surface area contributed by atoms with E-state index in [1.807, 2.05) is 12.1 Å². The molecule has 130 valence electrons. The van der Waals surface area contributed by atoms with Crippen LogP contribution in [0.4, 0.5) is 11.4 Å². The Balaban J connectivity index is 1.89. The Hall–Kier alpha value is -2.82. The molecule has 0 fully saturated rings. The van der Waals surface area contributed by atoms with Crippen molar-refractivity contribution in [3.05, 3.63) is 94.0 Å². The Kier molecular flexibility index (Phi) is 5.56. The molecule has 3 rings (SSSR count). The van der Waals surface area contributed by atoms with Crippen molar-refractivity contribution in [2.75, 3.05) is 10.6 Å². The van der Waals surface area contributed by atoms with Gasteiger partial charge in [-0.3, -0.25) is 9.59 Å². The molecular weight excluding hydrogens is 371 g/mol. The van der Waals surface area contributed by atoms with Gasteiger partial charge in [0.15, 0.2) is 0 Å². The molecule has 6 heteroatoms. The van der Waals surface area contributed by atoms with Crippen LogP contribution in [0.15, 0.2) is 72.8 Å². The molecule has 0 spiro atoms.